The molecule has 53 heavy (non-hydrogen) atoms. The van der Waals surface area contributed by atoms with Gasteiger partial charge in [-0.2, -0.15) is 0 Å². The van der Waals surface area contributed by atoms with E-state index in [1.807, 2.05) is 0 Å². The van der Waals surface area contributed by atoms with Crippen molar-refractivity contribution in [3.8, 4) is 11.1 Å². The van der Waals surface area contributed by atoms with Gasteiger partial charge in [0.2, 0.25) is 0 Å². The molecule has 0 bridgehead atoms. The van der Waals surface area contributed by atoms with Crippen LogP contribution in [0.3, 0.4) is 0 Å². The number of rotatable bonds is 5. The normalized spacial score (nSPS) is 18.5. The molecule has 10 rings (SSSR count). The van der Waals surface area contributed by atoms with Crippen LogP contribution < -0.4 is 0 Å². The Hall–Kier alpha value is -5.92. The highest BCUT2D eigenvalue weighted by Gasteiger charge is 2.32. The maximum Gasteiger partial charge on any atom is 0.0538 e. The molecule has 0 N–H and O–H groups in total. The molecule has 256 valence electrons. The SMILES string of the molecule is C[C@@H]1C2=C(CCC(c3ccccc3)=C2)c2cc(-c3ccc4c(c3)c3ccccc3n4C3=CC=C(c4ccccc4)CC3)ccc2CC1c1ccccc1. The van der Waals surface area contributed by atoms with Crippen molar-refractivity contribution in [3.05, 3.63) is 203 Å². The van der Waals surface area contributed by atoms with Crippen molar-refractivity contribution in [1.29, 1.82) is 0 Å². The largest absolute Gasteiger partial charge is 0.313 e. The van der Waals surface area contributed by atoms with Crippen molar-refractivity contribution in [3.63, 3.8) is 0 Å². The lowest BCUT2D eigenvalue weighted by Gasteiger charge is -2.28. The lowest BCUT2D eigenvalue weighted by Crippen LogP contribution is -2.14. The quantitative estimate of drug-likeness (QED) is 0.170. The van der Waals surface area contributed by atoms with E-state index in [-0.39, 0.29) is 0 Å². The zero-order chi connectivity index (χ0) is 35.3. The second kappa shape index (κ2) is 13.2. The van der Waals surface area contributed by atoms with Gasteiger partial charge in [0.15, 0.2) is 0 Å². The molecule has 0 amide bonds. The second-order valence-corrected chi connectivity index (χ2v) is 15.2. The summed E-state index contributed by atoms with van der Waals surface area (Å²) >= 11 is 0. The minimum absolute atomic E-state index is 0.414. The molecule has 2 atom stereocenters. The van der Waals surface area contributed by atoms with Crippen molar-refractivity contribution < 1.29 is 0 Å². The summed E-state index contributed by atoms with van der Waals surface area (Å²) in [6.45, 7) is 2.47. The number of fused-ring (bicyclic) bond motifs is 5. The molecule has 1 nitrogen and oxygen atoms in total. The first kappa shape index (κ1) is 31.8. The summed E-state index contributed by atoms with van der Waals surface area (Å²) in [5.41, 5.74) is 19.5. The summed E-state index contributed by atoms with van der Waals surface area (Å²) in [6.07, 6.45) is 12.5. The van der Waals surface area contributed by atoms with Gasteiger partial charge in [0.1, 0.15) is 0 Å². The van der Waals surface area contributed by atoms with Crippen LogP contribution >= 0.6 is 0 Å². The van der Waals surface area contributed by atoms with Crippen molar-refractivity contribution in [1.82, 2.24) is 4.57 Å². The van der Waals surface area contributed by atoms with E-state index in [4.69, 9.17) is 0 Å². The maximum atomic E-state index is 2.55. The molecule has 0 fully saturated rings. The van der Waals surface area contributed by atoms with E-state index in [0.717, 1.165) is 32.1 Å². The Morgan fingerprint density at radius 3 is 1.91 bits per heavy atom. The lowest BCUT2D eigenvalue weighted by molar-refractivity contribution is 0.531. The van der Waals surface area contributed by atoms with Gasteiger partial charge in [-0.25, -0.2) is 0 Å². The van der Waals surface area contributed by atoms with E-state index < -0.39 is 0 Å². The highest BCUT2D eigenvalue weighted by molar-refractivity contribution is 6.11. The number of nitrogens with zero attached hydrogens (tertiary/aromatic N) is 1. The van der Waals surface area contributed by atoms with Crippen molar-refractivity contribution >= 4 is 44.2 Å². The number of hydrogen-bond donors (Lipinski definition) is 0. The van der Waals surface area contributed by atoms with Gasteiger partial charge in [-0.05, 0) is 136 Å². The first-order valence-electron chi connectivity index (χ1n) is 19.4. The fraction of sp³-hybridized carbons (Fsp3) is 0.154. The van der Waals surface area contributed by atoms with Gasteiger partial charge in [-0.1, -0.05) is 146 Å². The number of benzene rings is 6. The van der Waals surface area contributed by atoms with Crippen LogP contribution in [0, 0.1) is 5.92 Å². The minimum Gasteiger partial charge on any atom is -0.313 e. The van der Waals surface area contributed by atoms with Crippen LogP contribution in [0.1, 0.15) is 66.3 Å². The standard InChI is InChI=1S/C52H43N/c1-35-47(39-17-9-4-10-18-39)34-43-22-21-41(32-49(43)45-29-25-40(31-48(35)45)37-15-7-3-8-16-37)42-26-30-52-50(33-42)46-19-11-12-20-51(46)53(52)44-27-23-38(24-28-44)36-13-5-2-6-14-36/h2-23,26-27,30-33,35,47H,24-25,28-29,34H2,1H3/t35-,47?/m0/s1. The molecule has 1 aromatic heterocycles. The molecule has 0 spiro atoms. The van der Waals surface area contributed by atoms with Crippen molar-refractivity contribution in [2.45, 2.75) is 44.9 Å². The fourth-order valence-electron chi connectivity index (χ4n) is 9.45. The summed E-state index contributed by atoms with van der Waals surface area (Å²) < 4.78 is 2.50. The number of aromatic nitrogens is 1. The third kappa shape index (κ3) is 5.63. The third-order valence-corrected chi connectivity index (χ3v) is 12.2. The predicted octanol–water partition coefficient (Wildman–Crippen LogP) is 13.8. The zero-order valence-corrected chi connectivity index (χ0v) is 30.3. The van der Waals surface area contributed by atoms with E-state index in [2.05, 4.69) is 181 Å². The van der Waals surface area contributed by atoms with Gasteiger partial charge in [0.25, 0.3) is 0 Å². The summed E-state index contributed by atoms with van der Waals surface area (Å²) in [4.78, 5) is 0. The minimum atomic E-state index is 0.414. The number of allylic oxidation sites excluding steroid dienone is 8. The lowest BCUT2D eigenvalue weighted by atomic mass is 9.76. The van der Waals surface area contributed by atoms with Crippen LogP contribution in [0.15, 0.2) is 175 Å². The van der Waals surface area contributed by atoms with Gasteiger partial charge in [-0.3, -0.25) is 0 Å². The summed E-state index contributed by atoms with van der Waals surface area (Å²) in [5.74, 6) is 0.840. The number of hydrogen-bond acceptors (Lipinski definition) is 0. The average molecular weight is 682 g/mol. The van der Waals surface area contributed by atoms with Gasteiger partial charge < -0.3 is 4.57 Å². The van der Waals surface area contributed by atoms with Crippen LogP contribution in [0.25, 0.3) is 55.3 Å². The Morgan fingerprint density at radius 2 is 1.15 bits per heavy atom. The van der Waals surface area contributed by atoms with E-state index >= 15 is 0 Å². The Morgan fingerprint density at radius 1 is 0.509 bits per heavy atom. The van der Waals surface area contributed by atoms with Gasteiger partial charge in [-0.15, -0.1) is 0 Å². The maximum absolute atomic E-state index is 2.55. The Bertz CT molecular complexity index is 2630. The molecule has 0 radical (unpaired) electrons. The Labute approximate surface area is 313 Å². The molecule has 1 heterocycles. The molecule has 0 saturated heterocycles. The van der Waals surface area contributed by atoms with E-state index in [0.29, 0.717) is 11.8 Å². The molecular weight excluding hydrogens is 639 g/mol. The van der Waals surface area contributed by atoms with Gasteiger partial charge in [0.05, 0.1) is 11.0 Å². The summed E-state index contributed by atoms with van der Waals surface area (Å²) in [6, 6.07) is 56.5. The summed E-state index contributed by atoms with van der Waals surface area (Å²) in [7, 11) is 0. The molecule has 1 unspecified atom stereocenters. The molecule has 1 heteroatoms. The molecular formula is C52H43N. The van der Waals surface area contributed by atoms with Crippen LogP contribution in [0.5, 0.6) is 0 Å². The average Bonchev–Trinajstić information content (AvgIpc) is 3.51. The third-order valence-electron chi connectivity index (χ3n) is 12.2. The smallest absolute Gasteiger partial charge is 0.0538 e. The Balaban J connectivity index is 1.09. The highest BCUT2D eigenvalue weighted by Crippen LogP contribution is 2.48. The van der Waals surface area contributed by atoms with E-state index in [1.54, 1.807) is 0 Å². The Kier molecular flexibility index (Phi) is 7.94. The van der Waals surface area contributed by atoms with Crippen LogP contribution in [-0.2, 0) is 6.42 Å². The van der Waals surface area contributed by atoms with Gasteiger partial charge >= 0.3 is 0 Å². The topological polar surface area (TPSA) is 4.93 Å². The zero-order valence-electron chi connectivity index (χ0n) is 30.3. The molecule has 7 aromatic rings. The summed E-state index contributed by atoms with van der Waals surface area (Å²) in [5, 5.41) is 2.63. The fourth-order valence-corrected chi connectivity index (χ4v) is 9.45. The molecule has 6 aromatic carbocycles. The van der Waals surface area contributed by atoms with E-state index in [9.17, 15) is 0 Å². The highest BCUT2D eigenvalue weighted by atomic mass is 15.0. The molecule has 0 saturated carbocycles. The molecule has 0 aliphatic heterocycles. The van der Waals surface area contributed by atoms with Crippen LogP contribution in [0.4, 0.5) is 0 Å². The first-order chi connectivity index (χ1) is 26.2. The van der Waals surface area contributed by atoms with Gasteiger partial charge in [0, 0.05) is 16.5 Å². The number of para-hydroxylation sites is 1. The van der Waals surface area contributed by atoms with Crippen LogP contribution in [-0.4, -0.2) is 4.57 Å². The predicted molar refractivity (Wildman–Crippen MR) is 225 cm³/mol. The van der Waals surface area contributed by atoms with Crippen LogP contribution in [0.2, 0.25) is 0 Å². The van der Waals surface area contributed by atoms with Crippen molar-refractivity contribution in [2.75, 3.05) is 0 Å². The molecule has 3 aliphatic carbocycles. The first-order valence-corrected chi connectivity index (χ1v) is 19.4. The second-order valence-electron chi connectivity index (χ2n) is 15.2. The van der Waals surface area contributed by atoms with E-state index in [1.165, 1.54) is 88.7 Å². The van der Waals surface area contributed by atoms with Crippen molar-refractivity contribution in [2.24, 2.45) is 5.92 Å². The monoisotopic (exact) mass is 681 g/mol. The molecule has 3 aliphatic rings.